The molecule has 1 N–H and O–H groups in total. The lowest BCUT2D eigenvalue weighted by Gasteiger charge is -2.46. The van der Waals surface area contributed by atoms with Gasteiger partial charge in [0.15, 0.2) is 0 Å². The van der Waals surface area contributed by atoms with Crippen molar-refractivity contribution < 1.29 is 14.2 Å². The van der Waals surface area contributed by atoms with E-state index in [1.165, 1.54) is 5.56 Å². The molecule has 4 heteroatoms. The highest BCUT2D eigenvalue weighted by molar-refractivity contribution is 5.44. The van der Waals surface area contributed by atoms with Crippen LogP contribution in [0.15, 0.2) is 18.2 Å². The summed E-state index contributed by atoms with van der Waals surface area (Å²) in [5, 5.41) is 3.60. The van der Waals surface area contributed by atoms with Crippen LogP contribution in [0.1, 0.15) is 44.7 Å². The Balaban J connectivity index is 1.93. The molecule has 0 aromatic heterocycles. The van der Waals surface area contributed by atoms with Crippen molar-refractivity contribution in [1.82, 2.24) is 5.32 Å². The maximum Gasteiger partial charge on any atom is 0.125 e. The Morgan fingerprint density at radius 2 is 2.24 bits per heavy atom. The smallest absolute Gasteiger partial charge is 0.125 e. The average molecular weight is 291 g/mol. The summed E-state index contributed by atoms with van der Waals surface area (Å²) in [4.78, 5) is 0. The average Bonchev–Trinajstić information content (AvgIpc) is 2.47. The molecule has 1 fully saturated rings. The zero-order valence-corrected chi connectivity index (χ0v) is 13.1. The fourth-order valence-corrected chi connectivity index (χ4v) is 3.61. The van der Waals surface area contributed by atoms with Crippen LogP contribution in [0.3, 0.4) is 0 Å². The third kappa shape index (κ3) is 2.87. The molecule has 2 aliphatic rings. The van der Waals surface area contributed by atoms with Crippen molar-refractivity contribution in [2.45, 2.75) is 50.9 Å². The van der Waals surface area contributed by atoms with E-state index in [-0.39, 0.29) is 11.7 Å². The Kier molecular flexibility index (Phi) is 4.09. The molecule has 2 aliphatic heterocycles. The number of ether oxygens (including phenoxy) is 3. The van der Waals surface area contributed by atoms with Crippen LogP contribution in [0.25, 0.3) is 0 Å². The number of nitrogens with one attached hydrogen (secondary N) is 1. The number of rotatable bonds is 3. The summed E-state index contributed by atoms with van der Waals surface area (Å²) in [5.74, 6) is 1.87. The van der Waals surface area contributed by atoms with E-state index in [2.05, 4.69) is 25.2 Å². The van der Waals surface area contributed by atoms with Crippen LogP contribution in [0.2, 0.25) is 0 Å². The predicted molar refractivity (Wildman–Crippen MR) is 82.0 cm³/mol. The molecule has 2 heterocycles. The molecule has 1 spiro atoms. The van der Waals surface area contributed by atoms with Gasteiger partial charge in [-0.05, 0) is 31.7 Å². The van der Waals surface area contributed by atoms with Gasteiger partial charge in [-0.25, -0.2) is 0 Å². The molecule has 1 aromatic carbocycles. The summed E-state index contributed by atoms with van der Waals surface area (Å²) in [6.45, 7) is 6.01. The quantitative estimate of drug-likeness (QED) is 0.929. The molecule has 116 valence electrons. The summed E-state index contributed by atoms with van der Waals surface area (Å²) in [6, 6.07) is 6.43. The molecule has 3 unspecified atom stereocenters. The minimum atomic E-state index is -0.0912. The van der Waals surface area contributed by atoms with E-state index < -0.39 is 0 Å². The topological polar surface area (TPSA) is 39.7 Å². The second kappa shape index (κ2) is 5.85. The Morgan fingerprint density at radius 1 is 1.38 bits per heavy atom. The summed E-state index contributed by atoms with van der Waals surface area (Å²) >= 11 is 0. The lowest BCUT2D eigenvalue weighted by molar-refractivity contribution is -0.0967. The van der Waals surface area contributed by atoms with Gasteiger partial charge in [-0.15, -0.1) is 0 Å². The molecule has 0 amide bonds. The van der Waals surface area contributed by atoms with Crippen LogP contribution in [-0.2, 0) is 4.74 Å². The Bertz CT molecular complexity index is 505. The van der Waals surface area contributed by atoms with Gasteiger partial charge in [-0.1, -0.05) is 6.92 Å². The fraction of sp³-hybridized carbons (Fsp3) is 0.647. The van der Waals surface area contributed by atoms with Crippen molar-refractivity contribution in [2.24, 2.45) is 0 Å². The lowest BCUT2D eigenvalue weighted by atomic mass is 9.80. The molecular formula is C17H25NO3. The maximum absolute atomic E-state index is 6.43. The third-order valence-corrected chi connectivity index (χ3v) is 4.57. The third-order valence-electron chi connectivity index (χ3n) is 4.57. The largest absolute Gasteiger partial charge is 0.497 e. The molecule has 0 radical (unpaired) electrons. The van der Waals surface area contributed by atoms with Crippen molar-refractivity contribution in [1.29, 1.82) is 0 Å². The van der Waals surface area contributed by atoms with E-state index in [9.17, 15) is 0 Å². The van der Waals surface area contributed by atoms with E-state index in [1.54, 1.807) is 7.11 Å². The predicted octanol–water partition coefficient (Wildman–Crippen LogP) is 3.07. The van der Waals surface area contributed by atoms with Gasteiger partial charge in [-0.3, -0.25) is 0 Å². The van der Waals surface area contributed by atoms with Crippen molar-refractivity contribution in [3.8, 4) is 11.5 Å². The Labute approximate surface area is 126 Å². The lowest BCUT2D eigenvalue weighted by Crippen LogP contribution is -2.49. The van der Waals surface area contributed by atoms with E-state index in [4.69, 9.17) is 14.2 Å². The molecule has 0 saturated carbocycles. The second-order valence-electron chi connectivity index (χ2n) is 6.14. The van der Waals surface area contributed by atoms with Crippen LogP contribution >= 0.6 is 0 Å². The summed E-state index contributed by atoms with van der Waals surface area (Å²) in [5.41, 5.74) is 1.12. The van der Waals surface area contributed by atoms with Gasteiger partial charge in [0, 0.05) is 30.9 Å². The highest BCUT2D eigenvalue weighted by Gasteiger charge is 2.44. The van der Waals surface area contributed by atoms with Gasteiger partial charge in [0.05, 0.1) is 19.8 Å². The molecule has 1 saturated heterocycles. The zero-order chi connectivity index (χ0) is 14.9. The molecule has 3 atom stereocenters. The van der Waals surface area contributed by atoms with E-state index in [0.717, 1.165) is 43.9 Å². The molecule has 0 aliphatic carbocycles. The van der Waals surface area contributed by atoms with Gasteiger partial charge in [0.2, 0.25) is 0 Å². The number of benzene rings is 1. The van der Waals surface area contributed by atoms with Gasteiger partial charge in [-0.2, -0.15) is 0 Å². The van der Waals surface area contributed by atoms with Crippen LogP contribution in [0.4, 0.5) is 0 Å². The molecule has 3 rings (SSSR count). The first-order valence-corrected chi connectivity index (χ1v) is 7.88. The maximum atomic E-state index is 6.43. The number of hydrogen-bond acceptors (Lipinski definition) is 4. The Hall–Kier alpha value is -1.26. The minimum absolute atomic E-state index is 0.0912. The van der Waals surface area contributed by atoms with Gasteiger partial charge in [0.25, 0.3) is 0 Å². The fourth-order valence-electron chi connectivity index (χ4n) is 3.61. The van der Waals surface area contributed by atoms with Gasteiger partial charge >= 0.3 is 0 Å². The molecule has 4 nitrogen and oxygen atoms in total. The second-order valence-corrected chi connectivity index (χ2v) is 6.14. The van der Waals surface area contributed by atoms with Gasteiger partial charge < -0.3 is 19.5 Å². The first-order valence-electron chi connectivity index (χ1n) is 7.88. The molecule has 1 aromatic rings. The van der Waals surface area contributed by atoms with E-state index >= 15 is 0 Å². The summed E-state index contributed by atoms with van der Waals surface area (Å²) < 4.78 is 17.5. The zero-order valence-electron chi connectivity index (χ0n) is 13.1. The minimum Gasteiger partial charge on any atom is -0.497 e. The van der Waals surface area contributed by atoms with E-state index in [0.29, 0.717) is 6.04 Å². The van der Waals surface area contributed by atoms with Crippen LogP contribution < -0.4 is 14.8 Å². The monoisotopic (exact) mass is 291 g/mol. The van der Waals surface area contributed by atoms with Crippen molar-refractivity contribution in [3.63, 3.8) is 0 Å². The van der Waals surface area contributed by atoms with Crippen molar-refractivity contribution >= 4 is 0 Å². The van der Waals surface area contributed by atoms with Crippen molar-refractivity contribution in [2.75, 3.05) is 20.3 Å². The van der Waals surface area contributed by atoms with Gasteiger partial charge in [0.1, 0.15) is 17.1 Å². The molecular weight excluding hydrogens is 266 g/mol. The highest BCUT2D eigenvalue weighted by atomic mass is 16.5. The van der Waals surface area contributed by atoms with Crippen LogP contribution in [-0.4, -0.2) is 32.0 Å². The molecule has 0 bridgehead atoms. The highest BCUT2D eigenvalue weighted by Crippen LogP contribution is 2.45. The van der Waals surface area contributed by atoms with E-state index in [1.807, 2.05) is 12.1 Å². The normalized spacial score (nSPS) is 31.6. The van der Waals surface area contributed by atoms with Crippen LogP contribution in [0, 0.1) is 0 Å². The standard InChI is InChI=1S/C17H25NO3/c1-4-18-15-11-17(7-8-20-12(2)10-17)21-16-6-5-13(19-3)9-14(15)16/h5-6,9,12,15,18H,4,7-8,10-11H2,1-3H3. The first kappa shape index (κ1) is 14.7. The van der Waals surface area contributed by atoms with Crippen LogP contribution in [0.5, 0.6) is 11.5 Å². The summed E-state index contributed by atoms with van der Waals surface area (Å²) in [7, 11) is 1.70. The number of hydrogen-bond donors (Lipinski definition) is 1. The number of methoxy groups -OCH3 is 1. The Morgan fingerprint density at radius 3 is 2.95 bits per heavy atom. The van der Waals surface area contributed by atoms with Crippen molar-refractivity contribution in [3.05, 3.63) is 23.8 Å². The number of fused-ring (bicyclic) bond motifs is 1. The SMILES string of the molecule is CCNC1CC2(CCOC(C)C2)Oc2ccc(OC)cc21. The first-order chi connectivity index (χ1) is 10.2. The molecule has 21 heavy (non-hydrogen) atoms. The summed E-state index contributed by atoms with van der Waals surface area (Å²) in [6.07, 6.45) is 3.18.